The molecule has 0 bridgehead atoms. The third-order valence-corrected chi connectivity index (χ3v) is 6.97. The number of hydrogen-bond acceptors (Lipinski definition) is 3. The molecular formula is C22H33FN4OS. The monoisotopic (exact) mass is 420 g/mol. The third-order valence-electron chi connectivity index (χ3n) is 6.61. The molecule has 5 nitrogen and oxygen atoms in total. The first-order chi connectivity index (χ1) is 13.8. The van der Waals surface area contributed by atoms with Crippen molar-refractivity contribution in [2.24, 2.45) is 5.92 Å². The average Bonchev–Trinajstić information content (AvgIpc) is 3.00. The predicted molar refractivity (Wildman–Crippen MR) is 119 cm³/mol. The summed E-state index contributed by atoms with van der Waals surface area (Å²) in [6.45, 7) is 10.1. The molecule has 1 aromatic rings. The molecule has 1 aromatic carbocycles. The lowest BCUT2D eigenvalue weighted by molar-refractivity contribution is -0.136. The molecule has 2 N–H and O–H groups in total. The normalized spacial score (nSPS) is 23.3. The van der Waals surface area contributed by atoms with Crippen LogP contribution in [0.1, 0.15) is 53.4 Å². The van der Waals surface area contributed by atoms with E-state index in [1.165, 1.54) is 12.1 Å². The van der Waals surface area contributed by atoms with Crippen LogP contribution in [0.2, 0.25) is 0 Å². The van der Waals surface area contributed by atoms with E-state index < -0.39 is 0 Å². The zero-order chi connectivity index (χ0) is 21.2. The van der Waals surface area contributed by atoms with Crippen LogP contribution in [0.15, 0.2) is 24.3 Å². The molecule has 0 saturated carbocycles. The van der Waals surface area contributed by atoms with Crippen LogP contribution in [-0.2, 0) is 4.79 Å². The summed E-state index contributed by atoms with van der Waals surface area (Å²) in [5, 5.41) is 7.57. The van der Waals surface area contributed by atoms with Crippen LogP contribution in [0.3, 0.4) is 0 Å². The number of benzene rings is 1. The second-order valence-electron chi connectivity index (χ2n) is 8.43. The van der Waals surface area contributed by atoms with Gasteiger partial charge < -0.3 is 15.1 Å². The van der Waals surface area contributed by atoms with Crippen molar-refractivity contribution in [2.45, 2.75) is 71.1 Å². The van der Waals surface area contributed by atoms with Crippen LogP contribution in [0, 0.1) is 11.7 Å². The summed E-state index contributed by atoms with van der Waals surface area (Å²) in [5.41, 5.74) is 0.492. The second kappa shape index (κ2) is 8.96. The van der Waals surface area contributed by atoms with Gasteiger partial charge in [-0.05, 0) is 55.7 Å². The number of amides is 1. The number of anilines is 1. The van der Waals surface area contributed by atoms with Gasteiger partial charge in [-0.1, -0.05) is 27.2 Å². The van der Waals surface area contributed by atoms with Gasteiger partial charge in [-0.2, -0.15) is 0 Å². The molecule has 1 amide bonds. The maximum absolute atomic E-state index is 13.2. The summed E-state index contributed by atoms with van der Waals surface area (Å²) < 4.78 is 13.1. The van der Waals surface area contributed by atoms with Gasteiger partial charge in [0.2, 0.25) is 5.91 Å². The Morgan fingerprint density at radius 3 is 2.41 bits per heavy atom. The van der Waals surface area contributed by atoms with Crippen LogP contribution >= 0.6 is 12.2 Å². The summed E-state index contributed by atoms with van der Waals surface area (Å²) in [6.07, 6.45) is 3.59. The highest BCUT2D eigenvalue weighted by atomic mass is 32.1. The van der Waals surface area contributed by atoms with Gasteiger partial charge in [0.05, 0.1) is 11.7 Å². The molecule has 3 atom stereocenters. The van der Waals surface area contributed by atoms with Gasteiger partial charge >= 0.3 is 0 Å². The van der Waals surface area contributed by atoms with E-state index in [1.54, 1.807) is 12.1 Å². The predicted octanol–water partition coefficient (Wildman–Crippen LogP) is 3.96. The maximum atomic E-state index is 13.2. The first kappa shape index (κ1) is 22.0. The fourth-order valence-electron chi connectivity index (χ4n) is 4.43. The maximum Gasteiger partial charge on any atom is 0.241 e. The largest absolute Gasteiger partial charge is 0.349 e. The molecular weight excluding hydrogens is 387 g/mol. The van der Waals surface area contributed by atoms with Crippen molar-refractivity contribution in [2.75, 3.05) is 18.4 Å². The number of thiocarbonyl (C=S) groups is 1. The van der Waals surface area contributed by atoms with E-state index >= 15 is 0 Å². The molecule has 29 heavy (non-hydrogen) atoms. The number of nitrogens with one attached hydrogen (secondary N) is 2. The summed E-state index contributed by atoms with van der Waals surface area (Å²) in [5.74, 6) is 0.293. The zero-order valence-electron chi connectivity index (χ0n) is 17.9. The zero-order valence-corrected chi connectivity index (χ0v) is 18.7. The van der Waals surface area contributed by atoms with Crippen LogP contribution in [0.4, 0.5) is 10.1 Å². The Kier molecular flexibility index (Phi) is 6.79. The van der Waals surface area contributed by atoms with E-state index in [2.05, 4.69) is 48.1 Å². The molecule has 0 radical (unpaired) electrons. The average molecular weight is 421 g/mol. The number of carbonyl (C=O) groups excluding carboxylic acids is 1. The summed E-state index contributed by atoms with van der Waals surface area (Å²) >= 11 is 5.58. The Labute approximate surface area is 179 Å². The number of piperidine rings is 1. The summed E-state index contributed by atoms with van der Waals surface area (Å²) in [4.78, 5) is 17.5. The Bertz CT molecular complexity index is 733. The van der Waals surface area contributed by atoms with Crippen molar-refractivity contribution >= 4 is 28.9 Å². The molecule has 2 aliphatic heterocycles. The van der Waals surface area contributed by atoms with Gasteiger partial charge in [0.15, 0.2) is 5.11 Å². The smallest absolute Gasteiger partial charge is 0.241 e. The molecule has 0 unspecified atom stereocenters. The van der Waals surface area contributed by atoms with Crippen LogP contribution in [-0.4, -0.2) is 51.7 Å². The fourth-order valence-corrected chi connectivity index (χ4v) is 4.73. The summed E-state index contributed by atoms with van der Waals surface area (Å²) in [6, 6.07) is 6.31. The lowest BCUT2D eigenvalue weighted by atomic mass is 9.94. The minimum absolute atomic E-state index is 0.107. The second-order valence-corrected chi connectivity index (χ2v) is 8.82. The number of nitrogens with zero attached hydrogens (tertiary/aromatic N) is 2. The molecule has 2 aliphatic rings. The number of likely N-dealkylation sites (tertiary alicyclic amines) is 1. The van der Waals surface area contributed by atoms with Gasteiger partial charge in [0, 0.05) is 37.7 Å². The van der Waals surface area contributed by atoms with Crippen LogP contribution in [0.25, 0.3) is 0 Å². The molecule has 7 heteroatoms. The van der Waals surface area contributed by atoms with Crippen molar-refractivity contribution in [1.29, 1.82) is 0 Å². The van der Waals surface area contributed by atoms with Gasteiger partial charge in [0.25, 0.3) is 0 Å². The first-order valence-electron chi connectivity index (χ1n) is 10.7. The molecule has 0 aromatic heterocycles. The standard InChI is InChI=1S/C22H33FN4OS/c1-5-15(3)19-20(28)27(16(4)6-2)22(25-19)11-13-26(14-12-22)21(29)24-18-9-7-17(23)8-10-18/h7-10,15-16,19,25H,5-6,11-14H2,1-4H3,(H,24,29)/t15-,16+,19+/m1/s1. The van der Waals surface area contributed by atoms with E-state index in [0.717, 1.165) is 44.5 Å². The van der Waals surface area contributed by atoms with Crippen molar-refractivity contribution in [3.05, 3.63) is 30.1 Å². The van der Waals surface area contributed by atoms with Gasteiger partial charge in [-0.3, -0.25) is 10.1 Å². The Balaban J connectivity index is 1.69. The molecule has 0 aliphatic carbocycles. The fraction of sp³-hybridized carbons (Fsp3) is 0.636. The van der Waals surface area contributed by atoms with Crippen molar-refractivity contribution in [3.8, 4) is 0 Å². The SMILES string of the molecule is CC[C@@H](C)[C@@H]1NC2(CCN(C(=S)Nc3ccc(F)cc3)CC2)N([C@@H](C)CC)C1=O. The Morgan fingerprint density at radius 2 is 1.86 bits per heavy atom. The van der Waals surface area contributed by atoms with E-state index in [4.69, 9.17) is 12.2 Å². The Morgan fingerprint density at radius 1 is 1.24 bits per heavy atom. The minimum atomic E-state index is -0.289. The Hall–Kier alpha value is -1.73. The topological polar surface area (TPSA) is 47.6 Å². The highest BCUT2D eigenvalue weighted by Gasteiger charge is 2.53. The highest BCUT2D eigenvalue weighted by molar-refractivity contribution is 7.80. The molecule has 1 spiro atoms. The summed E-state index contributed by atoms with van der Waals surface area (Å²) in [7, 11) is 0. The lowest BCUT2D eigenvalue weighted by Gasteiger charge is -2.47. The van der Waals surface area contributed by atoms with E-state index in [0.29, 0.717) is 11.0 Å². The molecule has 160 valence electrons. The quantitative estimate of drug-likeness (QED) is 0.706. The molecule has 3 rings (SSSR count). The number of halogens is 1. The molecule has 2 fully saturated rings. The van der Waals surface area contributed by atoms with Gasteiger partial charge in [0.1, 0.15) is 5.82 Å². The molecule has 2 saturated heterocycles. The minimum Gasteiger partial charge on any atom is -0.349 e. The van der Waals surface area contributed by atoms with Crippen molar-refractivity contribution in [1.82, 2.24) is 15.1 Å². The van der Waals surface area contributed by atoms with Crippen LogP contribution < -0.4 is 10.6 Å². The number of rotatable bonds is 5. The van der Waals surface area contributed by atoms with E-state index in [-0.39, 0.29) is 29.5 Å². The lowest BCUT2D eigenvalue weighted by Crippen LogP contribution is -2.61. The first-order valence-corrected chi connectivity index (χ1v) is 11.1. The van der Waals surface area contributed by atoms with E-state index in [9.17, 15) is 9.18 Å². The van der Waals surface area contributed by atoms with E-state index in [1.807, 2.05) is 0 Å². The highest BCUT2D eigenvalue weighted by Crippen LogP contribution is 2.37. The van der Waals surface area contributed by atoms with Gasteiger partial charge in [-0.25, -0.2) is 4.39 Å². The van der Waals surface area contributed by atoms with Crippen LogP contribution in [0.5, 0.6) is 0 Å². The van der Waals surface area contributed by atoms with Crippen molar-refractivity contribution < 1.29 is 9.18 Å². The number of carbonyl (C=O) groups is 1. The molecule has 2 heterocycles. The number of hydrogen-bond donors (Lipinski definition) is 2. The van der Waals surface area contributed by atoms with Crippen molar-refractivity contribution in [3.63, 3.8) is 0 Å². The van der Waals surface area contributed by atoms with Gasteiger partial charge in [-0.15, -0.1) is 0 Å². The third kappa shape index (κ3) is 4.40.